The summed E-state index contributed by atoms with van der Waals surface area (Å²) in [6.45, 7) is 3.85. The molecular weight excluding hydrogens is 719 g/mol. The lowest BCUT2D eigenvalue weighted by molar-refractivity contribution is -0.145. The Hall–Kier alpha value is -4.19. The molecule has 284 valence electrons. The van der Waals surface area contributed by atoms with Crippen molar-refractivity contribution in [3.63, 3.8) is 0 Å². The Morgan fingerprint density at radius 1 is 0.811 bits per heavy atom. The van der Waals surface area contributed by atoms with E-state index in [-0.39, 0.29) is 23.3 Å². The van der Waals surface area contributed by atoms with Crippen molar-refractivity contribution in [3.8, 4) is 17.2 Å². The summed E-state index contributed by atoms with van der Waals surface area (Å²) < 4.78 is 21.5. The van der Waals surface area contributed by atoms with Crippen molar-refractivity contribution in [1.82, 2.24) is 20.0 Å². The summed E-state index contributed by atoms with van der Waals surface area (Å²) in [4.78, 5) is 46.2. The van der Waals surface area contributed by atoms with Gasteiger partial charge in [-0.25, -0.2) is 9.59 Å². The van der Waals surface area contributed by atoms with Gasteiger partial charge in [-0.05, 0) is 80.5 Å². The van der Waals surface area contributed by atoms with Crippen LogP contribution >= 0.6 is 23.2 Å². The van der Waals surface area contributed by atoms with Crippen LogP contribution in [0.4, 0.5) is 4.79 Å². The quantitative estimate of drug-likeness (QED) is 0.220. The molecule has 3 aromatic rings. The smallest absolute Gasteiger partial charge is 0.328 e. The molecule has 0 aliphatic carbocycles. The number of nitrogens with one attached hydrogen (secondary N) is 1. The summed E-state index contributed by atoms with van der Waals surface area (Å²) in [6.07, 6.45) is 4.28. The van der Waals surface area contributed by atoms with E-state index in [1.54, 1.807) is 17.0 Å². The summed E-state index contributed by atoms with van der Waals surface area (Å²) >= 11 is 12.9. The predicted molar refractivity (Wildman–Crippen MR) is 203 cm³/mol. The van der Waals surface area contributed by atoms with Crippen molar-refractivity contribution in [2.75, 3.05) is 67.7 Å². The van der Waals surface area contributed by atoms with Gasteiger partial charge in [0.25, 0.3) is 5.91 Å². The number of rotatable bonds is 11. The van der Waals surface area contributed by atoms with Crippen LogP contribution in [0.1, 0.15) is 60.0 Å². The summed E-state index contributed by atoms with van der Waals surface area (Å²) in [5, 5.41) is 4.34. The summed E-state index contributed by atoms with van der Waals surface area (Å²) in [5.41, 5.74) is 1.58. The number of hydrogen-bond acceptors (Lipinski definition) is 8. The molecular formula is C40H48Cl2N4O7. The number of carbonyl (C=O) groups is 3. The largest absolute Gasteiger partial charge is 0.493 e. The van der Waals surface area contributed by atoms with Crippen LogP contribution in [0.2, 0.25) is 10.0 Å². The number of piperidine rings is 1. The molecule has 53 heavy (non-hydrogen) atoms. The van der Waals surface area contributed by atoms with Gasteiger partial charge in [0.15, 0.2) is 11.5 Å². The second-order valence-corrected chi connectivity index (χ2v) is 15.0. The number of benzene rings is 3. The maximum absolute atomic E-state index is 14.0. The molecule has 2 atom stereocenters. The van der Waals surface area contributed by atoms with Gasteiger partial charge in [-0.3, -0.25) is 4.79 Å². The molecule has 0 saturated carbocycles. The normalized spacial score (nSPS) is 21.3. The highest BCUT2D eigenvalue weighted by molar-refractivity contribution is 6.42. The average Bonchev–Trinajstić information content (AvgIpc) is 3.87. The van der Waals surface area contributed by atoms with Crippen molar-refractivity contribution in [2.45, 2.75) is 55.5 Å². The van der Waals surface area contributed by atoms with Crippen LogP contribution in [0.25, 0.3) is 0 Å². The molecule has 3 aromatic carbocycles. The lowest BCUT2D eigenvalue weighted by Crippen LogP contribution is -2.57. The molecule has 0 spiro atoms. The highest BCUT2D eigenvalue weighted by atomic mass is 35.5. The van der Waals surface area contributed by atoms with Gasteiger partial charge < -0.3 is 39.0 Å². The fraction of sp³-hybridized carbons (Fsp3) is 0.475. The minimum absolute atomic E-state index is 0.125. The molecule has 0 radical (unpaired) electrons. The van der Waals surface area contributed by atoms with Gasteiger partial charge in [0, 0.05) is 43.7 Å². The van der Waals surface area contributed by atoms with E-state index in [0.717, 1.165) is 50.0 Å². The van der Waals surface area contributed by atoms with E-state index in [9.17, 15) is 14.4 Å². The van der Waals surface area contributed by atoms with Crippen LogP contribution in [-0.4, -0.2) is 106 Å². The Morgan fingerprint density at radius 2 is 1.51 bits per heavy atom. The zero-order valence-corrected chi connectivity index (χ0v) is 32.3. The van der Waals surface area contributed by atoms with E-state index >= 15 is 0 Å². The first-order valence-electron chi connectivity index (χ1n) is 18.1. The number of halogens is 2. The second-order valence-electron chi connectivity index (χ2n) is 14.1. The number of likely N-dealkylation sites (tertiary alicyclic amines) is 3. The first-order chi connectivity index (χ1) is 25.6. The molecule has 3 aliphatic rings. The van der Waals surface area contributed by atoms with Gasteiger partial charge in [0.1, 0.15) is 6.04 Å². The van der Waals surface area contributed by atoms with Gasteiger partial charge >= 0.3 is 12.0 Å². The van der Waals surface area contributed by atoms with E-state index in [4.69, 9.17) is 42.1 Å². The lowest BCUT2D eigenvalue weighted by atomic mass is 9.76. The molecule has 3 amide bonds. The number of carbonyl (C=O) groups excluding carboxylic acids is 3. The number of hydrogen-bond donors (Lipinski definition) is 1. The van der Waals surface area contributed by atoms with Gasteiger partial charge in [0.05, 0.1) is 44.0 Å². The van der Waals surface area contributed by atoms with E-state index < -0.39 is 11.6 Å². The summed E-state index contributed by atoms with van der Waals surface area (Å²) in [6, 6.07) is 18.4. The molecule has 0 bridgehead atoms. The zero-order valence-electron chi connectivity index (χ0n) is 30.8. The molecule has 11 nitrogen and oxygen atoms in total. The summed E-state index contributed by atoms with van der Waals surface area (Å²) in [7, 11) is 5.96. The molecule has 3 heterocycles. The van der Waals surface area contributed by atoms with Crippen LogP contribution in [0.15, 0.2) is 60.7 Å². The van der Waals surface area contributed by atoms with Crippen molar-refractivity contribution in [1.29, 1.82) is 0 Å². The van der Waals surface area contributed by atoms with Gasteiger partial charge in [-0.1, -0.05) is 59.6 Å². The number of nitrogens with zero attached hydrogens (tertiary/aromatic N) is 3. The highest BCUT2D eigenvalue weighted by Crippen LogP contribution is 2.43. The van der Waals surface area contributed by atoms with Crippen LogP contribution in [0.5, 0.6) is 17.2 Å². The minimum atomic E-state index is -0.587. The molecule has 6 rings (SSSR count). The molecule has 13 heteroatoms. The van der Waals surface area contributed by atoms with Crippen LogP contribution in [0, 0.1) is 0 Å². The number of methoxy groups -OCH3 is 4. The number of esters is 1. The van der Waals surface area contributed by atoms with Crippen LogP contribution < -0.4 is 19.5 Å². The lowest BCUT2D eigenvalue weighted by Gasteiger charge is -2.44. The zero-order chi connectivity index (χ0) is 37.8. The monoisotopic (exact) mass is 766 g/mol. The van der Waals surface area contributed by atoms with Crippen molar-refractivity contribution in [3.05, 3.63) is 87.4 Å². The SMILES string of the molecule is COC(=O)[C@@H]1CCCN1C(=O)NC1(c2ccccc2)CCN(CC[C@]2(c3ccc(Cl)c(Cl)c3)CCN(C(=O)c3cc(OC)c(OC)c(OC)c3)C2)CC1. The Kier molecular flexibility index (Phi) is 12.0. The van der Waals surface area contributed by atoms with Crippen LogP contribution in [0.3, 0.4) is 0 Å². The Morgan fingerprint density at radius 3 is 2.13 bits per heavy atom. The average molecular weight is 768 g/mol. The van der Waals surface area contributed by atoms with E-state index in [1.807, 2.05) is 41.3 Å². The van der Waals surface area contributed by atoms with E-state index in [0.29, 0.717) is 71.8 Å². The fourth-order valence-electron chi connectivity index (χ4n) is 8.28. The maximum Gasteiger partial charge on any atom is 0.328 e. The molecule has 0 aromatic heterocycles. The van der Waals surface area contributed by atoms with Gasteiger partial charge in [0.2, 0.25) is 5.75 Å². The minimum Gasteiger partial charge on any atom is -0.493 e. The first kappa shape index (κ1) is 38.5. The van der Waals surface area contributed by atoms with E-state index in [2.05, 4.69) is 22.3 Å². The number of amides is 3. The third-order valence-electron chi connectivity index (χ3n) is 11.4. The topological polar surface area (TPSA) is 110 Å². The molecule has 3 aliphatic heterocycles. The third-order valence-corrected chi connectivity index (χ3v) is 12.1. The maximum atomic E-state index is 14.0. The Balaban J connectivity index is 1.20. The van der Waals surface area contributed by atoms with Gasteiger partial charge in [-0.15, -0.1) is 0 Å². The van der Waals surface area contributed by atoms with Crippen LogP contribution in [-0.2, 0) is 20.5 Å². The predicted octanol–water partition coefficient (Wildman–Crippen LogP) is 6.53. The molecule has 0 unspecified atom stereocenters. The Bertz CT molecular complexity index is 1780. The third kappa shape index (κ3) is 7.88. The van der Waals surface area contributed by atoms with Gasteiger partial charge in [-0.2, -0.15) is 0 Å². The molecule has 3 saturated heterocycles. The number of ether oxygens (including phenoxy) is 4. The van der Waals surface area contributed by atoms with E-state index in [1.165, 1.54) is 28.4 Å². The molecule has 3 fully saturated rings. The number of urea groups is 1. The fourth-order valence-corrected chi connectivity index (χ4v) is 8.58. The van der Waals surface area contributed by atoms with Crippen molar-refractivity contribution in [2.24, 2.45) is 0 Å². The molecule has 1 N–H and O–H groups in total. The highest BCUT2D eigenvalue weighted by Gasteiger charge is 2.45. The first-order valence-corrected chi connectivity index (χ1v) is 18.8. The standard InChI is InChI=1S/C40H48Cl2N4O7/c1-50-33-23-27(24-34(51-2)35(33)52-3)36(47)45-22-15-39(26-45,29-12-13-30(41)31(42)25-29)14-19-44-20-16-40(17-21-44,28-9-6-5-7-10-28)43-38(49)46-18-8-11-32(46)37(48)53-4/h5-7,9-10,12-13,23-25,32H,8,11,14-22,26H2,1-4H3,(H,43,49)/t32-,39-/m0/s1. The second kappa shape index (κ2) is 16.4. The van der Waals surface area contributed by atoms with Crippen molar-refractivity contribution < 1.29 is 33.3 Å². The van der Waals surface area contributed by atoms with Crippen molar-refractivity contribution >= 4 is 41.1 Å². The summed E-state index contributed by atoms with van der Waals surface area (Å²) in [5.74, 6) is 0.758. The Labute approximate surface area is 321 Å².